The summed E-state index contributed by atoms with van der Waals surface area (Å²) >= 11 is 0. The summed E-state index contributed by atoms with van der Waals surface area (Å²) in [6, 6.07) is 0. The minimum absolute atomic E-state index is 0.830. The van der Waals surface area contributed by atoms with Gasteiger partial charge in [0, 0.05) is 36.9 Å². The fraction of sp³-hybridized carbons (Fsp3) is 1.00. The van der Waals surface area contributed by atoms with Gasteiger partial charge < -0.3 is 9.47 Å². The van der Waals surface area contributed by atoms with Gasteiger partial charge in [-0.2, -0.15) is 0 Å². The second-order valence-corrected chi connectivity index (χ2v) is 6.69. The molecule has 2 aliphatic heterocycles. The molecule has 4 heteroatoms. The highest BCUT2D eigenvalue weighted by molar-refractivity contribution is 8.77. The molecule has 0 aromatic carbocycles. The maximum Gasteiger partial charge on any atom is 0.0476 e. The average molecular weight is 234 g/mol. The van der Waals surface area contributed by atoms with E-state index < -0.39 is 0 Å². The highest BCUT2D eigenvalue weighted by atomic mass is 33.1. The Morgan fingerprint density at radius 3 is 1.36 bits per heavy atom. The first kappa shape index (κ1) is 11.1. The number of rotatable bonds is 3. The minimum Gasteiger partial charge on any atom is -0.381 e. The summed E-state index contributed by atoms with van der Waals surface area (Å²) < 4.78 is 10.7. The Morgan fingerprint density at radius 1 is 0.643 bits per heavy atom. The summed E-state index contributed by atoms with van der Waals surface area (Å²) in [6.07, 6.45) is 4.95. The van der Waals surface area contributed by atoms with Gasteiger partial charge >= 0.3 is 0 Å². The molecule has 0 radical (unpaired) electrons. The number of hydrogen-bond acceptors (Lipinski definition) is 4. The molecule has 2 rings (SSSR count). The Kier molecular flexibility index (Phi) is 4.97. The lowest BCUT2D eigenvalue weighted by Crippen LogP contribution is -2.19. The number of ether oxygens (including phenoxy) is 2. The second-order valence-electron chi connectivity index (χ2n) is 3.82. The maximum absolute atomic E-state index is 5.35. The van der Waals surface area contributed by atoms with E-state index in [1.165, 1.54) is 25.7 Å². The third-order valence-corrected chi connectivity index (χ3v) is 6.23. The van der Waals surface area contributed by atoms with Crippen molar-refractivity contribution in [3.05, 3.63) is 0 Å². The molecule has 0 atom stereocenters. The SMILES string of the molecule is C1CC(SSC2CCOCC2)CCO1. The van der Waals surface area contributed by atoms with E-state index in [2.05, 4.69) is 21.6 Å². The van der Waals surface area contributed by atoms with Gasteiger partial charge in [-0.3, -0.25) is 0 Å². The molecule has 0 saturated carbocycles. The monoisotopic (exact) mass is 234 g/mol. The summed E-state index contributed by atoms with van der Waals surface area (Å²) in [6.45, 7) is 3.86. The lowest BCUT2D eigenvalue weighted by atomic mass is 10.2. The van der Waals surface area contributed by atoms with E-state index in [4.69, 9.17) is 9.47 Å². The molecule has 0 aliphatic carbocycles. The predicted molar refractivity (Wildman–Crippen MR) is 62.9 cm³/mol. The molecule has 0 N–H and O–H groups in total. The van der Waals surface area contributed by atoms with Gasteiger partial charge in [-0.1, -0.05) is 21.6 Å². The normalized spacial score (nSPS) is 26.6. The molecule has 2 heterocycles. The topological polar surface area (TPSA) is 18.5 Å². The molecule has 2 fully saturated rings. The molecule has 2 aliphatic rings. The zero-order valence-electron chi connectivity index (χ0n) is 8.44. The van der Waals surface area contributed by atoms with Crippen LogP contribution in [-0.2, 0) is 9.47 Å². The van der Waals surface area contributed by atoms with Crippen molar-refractivity contribution in [3.63, 3.8) is 0 Å². The van der Waals surface area contributed by atoms with Crippen molar-refractivity contribution in [3.8, 4) is 0 Å². The first-order valence-electron chi connectivity index (χ1n) is 5.43. The van der Waals surface area contributed by atoms with Crippen LogP contribution >= 0.6 is 21.6 Å². The fourth-order valence-corrected chi connectivity index (χ4v) is 4.88. The molecular weight excluding hydrogens is 216 g/mol. The van der Waals surface area contributed by atoms with Crippen molar-refractivity contribution in [2.75, 3.05) is 26.4 Å². The van der Waals surface area contributed by atoms with Crippen LogP contribution in [0.2, 0.25) is 0 Å². The first-order valence-corrected chi connectivity index (χ1v) is 7.70. The van der Waals surface area contributed by atoms with Crippen molar-refractivity contribution in [2.45, 2.75) is 36.2 Å². The van der Waals surface area contributed by atoms with Gasteiger partial charge in [0.05, 0.1) is 0 Å². The van der Waals surface area contributed by atoms with E-state index in [9.17, 15) is 0 Å². The smallest absolute Gasteiger partial charge is 0.0476 e. The zero-order chi connectivity index (χ0) is 9.64. The van der Waals surface area contributed by atoms with Gasteiger partial charge in [0.2, 0.25) is 0 Å². The minimum atomic E-state index is 0.830. The van der Waals surface area contributed by atoms with Gasteiger partial charge in [-0.15, -0.1) is 0 Å². The predicted octanol–water partition coefficient (Wildman–Crippen LogP) is 2.73. The van der Waals surface area contributed by atoms with Crippen LogP contribution in [-0.4, -0.2) is 36.9 Å². The maximum atomic E-state index is 5.35. The molecule has 2 saturated heterocycles. The number of hydrogen-bond donors (Lipinski definition) is 0. The Balaban J connectivity index is 1.60. The van der Waals surface area contributed by atoms with Crippen molar-refractivity contribution >= 4 is 21.6 Å². The van der Waals surface area contributed by atoms with Crippen LogP contribution in [0.5, 0.6) is 0 Å². The van der Waals surface area contributed by atoms with Crippen LogP contribution in [0.15, 0.2) is 0 Å². The van der Waals surface area contributed by atoms with Gasteiger partial charge in [0.15, 0.2) is 0 Å². The Bertz CT molecular complexity index is 136. The van der Waals surface area contributed by atoms with Crippen LogP contribution in [0.3, 0.4) is 0 Å². The van der Waals surface area contributed by atoms with Crippen LogP contribution < -0.4 is 0 Å². The Hall–Kier alpha value is 0.620. The summed E-state index contributed by atoms with van der Waals surface area (Å²) in [4.78, 5) is 0. The molecule has 0 unspecified atom stereocenters. The molecular formula is C10H18O2S2. The van der Waals surface area contributed by atoms with Gasteiger partial charge in [-0.25, -0.2) is 0 Å². The van der Waals surface area contributed by atoms with E-state index in [0.29, 0.717) is 0 Å². The van der Waals surface area contributed by atoms with Crippen molar-refractivity contribution in [1.82, 2.24) is 0 Å². The summed E-state index contributed by atoms with van der Waals surface area (Å²) in [5.41, 5.74) is 0. The zero-order valence-corrected chi connectivity index (χ0v) is 10.1. The molecule has 14 heavy (non-hydrogen) atoms. The first-order chi connectivity index (χ1) is 6.95. The summed E-state index contributed by atoms with van der Waals surface area (Å²) in [5.74, 6) is 0. The van der Waals surface area contributed by atoms with Gasteiger partial charge in [0.1, 0.15) is 0 Å². The van der Waals surface area contributed by atoms with Crippen LogP contribution in [0.1, 0.15) is 25.7 Å². The average Bonchev–Trinajstić information content (AvgIpc) is 2.29. The molecule has 0 amide bonds. The van der Waals surface area contributed by atoms with Crippen LogP contribution in [0.25, 0.3) is 0 Å². The highest BCUT2D eigenvalue weighted by Crippen LogP contribution is 2.38. The van der Waals surface area contributed by atoms with E-state index in [1.54, 1.807) is 0 Å². The largest absolute Gasteiger partial charge is 0.381 e. The third kappa shape index (κ3) is 3.65. The van der Waals surface area contributed by atoms with E-state index >= 15 is 0 Å². The standard InChI is InChI=1S/C10H18O2S2/c1-5-11-6-2-9(1)13-14-10-3-7-12-8-4-10/h9-10H,1-8H2. The molecule has 0 bridgehead atoms. The van der Waals surface area contributed by atoms with Crippen molar-refractivity contribution in [2.24, 2.45) is 0 Å². The van der Waals surface area contributed by atoms with Gasteiger partial charge in [-0.05, 0) is 25.7 Å². The fourth-order valence-electron chi connectivity index (χ4n) is 1.70. The molecule has 0 aromatic rings. The lowest BCUT2D eigenvalue weighted by Gasteiger charge is -2.25. The third-order valence-electron chi connectivity index (χ3n) is 2.66. The summed E-state index contributed by atoms with van der Waals surface area (Å²) in [5, 5.41) is 1.66. The second kappa shape index (κ2) is 6.26. The quantitative estimate of drug-likeness (QED) is 0.699. The molecule has 0 spiro atoms. The van der Waals surface area contributed by atoms with E-state index in [0.717, 1.165) is 36.9 Å². The molecule has 0 aromatic heterocycles. The molecule has 82 valence electrons. The van der Waals surface area contributed by atoms with Crippen molar-refractivity contribution in [1.29, 1.82) is 0 Å². The molecule has 2 nitrogen and oxygen atoms in total. The van der Waals surface area contributed by atoms with Crippen molar-refractivity contribution < 1.29 is 9.47 Å². The van der Waals surface area contributed by atoms with Crippen LogP contribution in [0, 0.1) is 0 Å². The summed E-state index contributed by atoms with van der Waals surface area (Å²) in [7, 11) is 4.17. The Morgan fingerprint density at radius 2 is 1.00 bits per heavy atom. The van der Waals surface area contributed by atoms with E-state index in [1.807, 2.05) is 0 Å². The van der Waals surface area contributed by atoms with Crippen LogP contribution in [0.4, 0.5) is 0 Å². The van der Waals surface area contributed by atoms with E-state index in [-0.39, 0.29) is 0 Å². The lowest BCUT2D eigenvalue weighted by molar-refractivity contribution is 0.0995. The highest BCUT2D eigenvalue weighted by Gasteiger charge is 2.19. The van der Waals surface area contributed by atoms with Gasteiger partial charge in [0.25, 0.3) is 0 Å². The Labute approximate surface area is 93.9 Å².